The Kier molecular flexibility index (Phi) is 7.43. The van der Waals surface area contributed by atoms with Gasteiger partial charge in [0.25, 0.3) is 5.91 Å². The summed E-state index contributed by atoms with van der Waals surface area (Å²) in [5.41, 5.74) is -0.597. The molecule has 1 aliphatic carbocycles. The summed E-state index contributed by atoms with van der Waals surface area (Å²) in [5, 5.41) is 24.5. The molecule has 8 heteroatoms. The molecule has 7 nitrogen and oxygen atoms in total. The lowest BCUT2D eigenvalue weighted by atomic mass is 9.66. The first-order valence-corrected chi connectivity index (χ1v) is 12.8. The Balaban J connectivity index is 1.48. The van der Waals surface area contributed by atoms with Gasteiger partial charge in [-0.15, -0.1) is 0 Å². The van der Waals surface area contributed by atoms with E-state index in [1.807, 2.05) is 30.9 Å². The number of aromatic carboxylic acids is 1. The highest BCUT2D eigenvalue weighted by Gasteiger charge is 2.50. The number of halogens is 1. The van der Waals surface area contributed by atoms with Crippen LogP contribution >= 0.6 is 11.6 Å². The van der Waals surface area contributed by atoms with Crippen molar-refractivity contribution < 1.29 is 24.6 Å². The van der Waals surface area contributed by atoms with Crippen LogP contribution in [0.3, 0.4) is 0 Å². The van der Waals surface area contributed by atoms with Gasteiger partial charge in [0.2, 0.25) is 5.91 Å². The zero-order chi connectivity index (χ0) is 26.1. The molecule has 0 bridgehead atoms. The number of rotatable bonds is 5. The number of nitrogens with zero attached hydrogens (tertiary/aromatic N) is 1. The summed E-state index contributed by atoms with van der Waals surface area (Å²) in [4.78, 5) is 39.7. The zero-order valence-corrected chi connectivity index (χ0v) is 21.4. The smallest absolute Gasteiger partial charge is 0.335 e. The van der Waals surface area contributed by atoms with Crippen molar-refractivity contribution in [1.82, 2.24) is 10.2 Å². The number of hydrogen-bond donors (Lipinski definition) is 3. The van der Waals surface area contributed by atoms with Crippen molar-refractivity contribution in [3.63, 3.8) is 0 Å². The van der Waals surface area contributed by atoms with Gasteiger partial charge >= 0.3 is 5.97 Å². The fourth-order valence-electron chi connectivity index (χ4n) is 5.65. The Bertz CT molecular complexity index is 1150. The molecule has 1 aliphatic heterocycles. The van der Waals surface area contributed by atoms with Crippen molar-refractivity contribution in [3.05, 3.63) is 70.2 Å². The molecular formula is C28H33ClN2O5. The number of amides is 2. The molecule has 2 aromatic carbocycles. The zero-order valence-electron chi connectivity index (χ0n) is 20.7. The maximum atomic E-state index is 13.7. The number of benzene rings is 2. The van der Waals surface area contributed by atoms with Crippen LogP contribution in [-0.2, 0) is 10.4 Å². The fraction of sp³-hybridized carbons (Fsp3) is 0.464. The van der Waals surface area contributed by atoms with Crippen molar-refractivity contribution >= 4 is 29.4 Å². The highest BCUT2D eigenvalue weighted by Crippen LogP contribution is 2.46. The van der Waals surface area contributed by atoms with Gasteiger partial charge in [0.05, 0.1) is 17.1 Å². The Hall–Kier alpha value is -2.90. The van der Waals surface area contributed by atoms with Crippen LogP contribution in [0.4, 0.5) is 0 Å². The van der Waals surface area contributed by atoms with Crippen LogP contribution in [0.5, 0.6) is 0 Å². The number of carbonyl (C=O) groups excluding carboxylic acids is 2. The first-order valence-electron chi connectivity index (χ1n) is 12.4. The topological polar surface area (TPSA) is 107 Å². The van der Waals surface area contributed by atoms with E-state index < -0.39 is 17.0 Å². The molecule has 2 fully saturated rings. The molecular weight excluding hydrogens is 480 g/mol. The second-order valence-electron chi connectivity index (χ2n) is 10.6. The summed E-state index contributed by atoms with van der Waals surface area (Å²) in [6.45, 7) is 4.75. The number of carboxylic acids is 1. The molecule has 2 aliphatic rings. The van der Waals surface area contributed by atoms with Crippen LogP contribution in [0.1, 0.15) is 72.2 Å². The molecule has 1 saturated heterocycles. The molecule has 36 heavy (non-hydrogen) atoms. The van der Waals surface area contributed by atoms with Crippen LogP contribution in [0, 0.1) is 11.3 Å². The van der Waals surface area contributed by atoms with Crippen LogP contribution in [0.25, 0.3) is 0 Å². The van der Waals surface area contributed by atoms with Crippen molar-refractivity contribution in [2.75, 3.05) is 13.1 Å². The number of piperidine rings is 1. The summed E-state index contributed by atoms with van der Waals surface area (Å²) >= 11 is 6.04. The Labute approximate surface area is 216 Å². The summed E-state index contributed by atoms with van der Waals surface area (Å²) < 4.78 is 0. The summed E-state index contributed by atoms with van der Waals surface area (Å²) in [6.07, 6.45) is 3.58. The fourth-order valence-corrected chi connectivity index (χ4v) is 5.78. The van der Waals surface area contributed by atoms with E-state index in [9.17, 15) is 24.6 Å². The summed E-state index contributed by atoms with van der Waals surface area (Å²) in [7, 11) is 0. The standard InChI is InChI=1S/C28H33ClN2O5/c1-27(2)17-31(15-14-28(27,36)20-10-12-21(29)13-11-20)25(33)22-8-3-4-9-23(22)30-24(32)18-6-5-7-19(16-18)26(34)35/h5-7,10-13,16,22-23,36H,3-4,8-9,14-15,17H2,1-2H3,(H,30,32)(H,34,35)/t22-,23+,28-/m0/s1. The third-order valence-electron chi connectivity index (χ3n) is 7.85. The minimum atomic E-state index is -1.10. The normalized spacial score (nSPS) is 25.7. The van der Waals surface area contributed by atoms with E-state index in [-0.39, 0.29) is 34.9 Å². The SMILES string of the molecule is CC1(C)CN(C(=O)[C@H]2CCCC[C@H]2NC(=O)c2cccc(C(=O)O)c2)CC[C@]1(O)c1ccc(Cl)cc1. The van der Waals surface area contributed by atoms with Crippen LogP contribution in [0.2, 0.25) is 5.02 Å². The summed E-state index contributed by atoms with van der Waals surface area (Å²) in [5.74, 6) is -1.84. The van der Waals surface area contributed by atoms with E-state index >= 15 is 0 Å². The molecule has 0 spiro atoms. The van der Waals surface area contributed by atoms with Gasteiger partial charge in [-0.2, -0.15) is 0 Å². The van der Waals surface area contributed by atoms with Crippen molar-refractivity contribution in [1.29, 1.82) is 0 Å². The number of carbonyl (C=O) groups is 3. The quantitative estimate of drug-likeness (QED) is 0.548. The van der Waals surface area contributed by atoms with Gasteiger partial charge in [0.15, 0.2) is 0 Å². The Morgan fingerprint density at radius 1 is 1.03 bits per heavy atom. The highest BCUT2D eigenvalue weighted by molar-refractivity contribution is 6.30. The Morgan fingerprint density at radius 3 is 2.36 bits per heavy atom. The maximum Gasteiger partial charge on any atom is 0.335 e. The van der Waals surface area contributed by atoms with Gasteiger partial charge in [-0.3, -0.25) is 9.59 Å². The molecule has 1 heterocycles. The van der Waals surface area contributed by atoms with E-state index in [1.165, 1.54) is 12.1 Å². The number of hydrogen-bond acceptors (Lipinski definition) is 4. The van der Waals surface area contributed by atoms with Gasteiger partial charge in [-0.05, 0) is 55.2 Å². The van der Waals surface area contributed by atoms with E-state index in [2.05, 4.69) is 5.32 Å². The maximum absolute atomic E-state index is 13.7. The molecule has 3 N–H and O–H groups in total. The molecule has 4 rings (SSSR count). The van der Waals surface area contributed by atoms with E-state index in [0.29, 0.717) is 37.4 Å². The molecule has 0 radical (unpaired) electrons. The van der Waals surface area contributed by atoms with E-state index in [0.717, 1.165) is 18.4 Å². The lowest BCUT2D eigenvalue weighted by Gasteiger charge is -2.51. The van der Waals surface area contributed by atoms with Gasteiger partial charge in [0, 0.05) is 35.1 Å². The number of nitrogens with one attached hydrogen (secondary N) is 1. The molecule has 3 atom stereocenters. The van der Waals surface area contributed by atoms with Crippen LogP contribution < -0.4 is 5.32 Å². The van der Waals surface area contributed by atoms with Crippen LogP contribution in [0.15, 0.2) is 48.5 Å². The van der Waals surface area contributed by atoms with Gasteiger partial charge in [-0.25, -0.2) is 4.79 Å². The third-order valence-corrected chi connectivity index (χ3v) is 8.11. The lowest BCUT2D eigenvalue weighted by molar-refractivity contribution is -0.158. The first-order chi connectivity index (χ1) is 17.0. The molecule has 0 unspecified atom stereocenters. The number of aliphatic hydroxyl groups is 1. The van der Waals surface area contributed by atoms with Crippen LogP contribution in [-0.4, -0.2) is 52.0 Å². The molecule has 1 saturated carbocycles. The highest BCUT2D eigenvalue weighted by atomic mass is 35.5. The second kappa shape index (κ2) is 10.2. The molecule has 2 amide bonds. The molecule has 192 valence electrons. The lowest BCUT2D eigenvalue weighted by Crippen LogP contribution is -2.59. The average molecular weight is 513 g/mol. The summed E-state index contributed by atoms with van der Waals surface area (Å²) in [6, 6.07) is 12.8. The molecule has 0 aromatic heterocycles. The predicted octanol–water partition coefficient (Wildman–Crippen LogP) is 4.47. The number of likely N-dealkylation sites (tertiary alicyclic amines) is 1. The largest absolute Gasteiger partial charge is 0.478 e. The average Bonchev–Trinajstić information content (AvgIpc) is 2.86. The Morgan fingerprint density at radius 2 is 1.69 bits per heavy atom. The van der Waals surface area contributed by atoms with E-state index in [4.69, 9.17) is 11.6 Å². The first kappa shape index (κ1) is 26.2. The van der Waals surface area contributed by atoms with Crippen molar-refractivity contribution in [2.45, 2.75) is 57.6 Å². The third kappa shape index (κ3) is 5.13. The van der Waals surface area contributed by atoms with Crippen molar-refractivity contribution in [2.24, 2.45) is 11.3 Å². The van der Waals surface area contributed by atoms with Gasteiger partial charge in [-0.1, -0.05) is 56.5 Å². The minimum absolute atomic E-state index is 0.00878. The second-order valence-corrected chi connectivity index (χ2v) is 11.1. The minimum Gasteiger partial charge on any atom is -0.478 e. The predicted molar refractivity (Wildman–Crippen MR) is 137 cm³/mol. The van der Waals surface area contributed by atoms with E-state index in [1.54, 1.807) is 24.3 Å². The number of carboxylic acid groups (broad SMARTS) is 1. The van der Waals surface area contributed by atoms with Gasteiger partial charge in [0.1, 0.15) is 0 Å². The van der Waals surface area contributed by atoms with Crippen molar-refractivity contribution in [3.8, 4) is 0 Å². The molecule has 2 aromatic rings. The monoisotopic (exact) mass is 512 g/mol. The van der Waals surface area contributed by atoms with Gasteiger partial charge < -0.3 is 20.4 Å².